The van der Waals surface area contributed by atoms with E-state index in [-0.39, 0.29) is 5.91 Å². The number of fused-ring (bicyclic) bond motifs is 1. The van der Waals surface area contributed by atoms with Gasteiger partial charge in [-0.3, -0.25) is 4.79 Å². The van der Waals surface area contributed by atoms with Gasteiger partial charge in [-0.25, -0.2) is 4.98 Å². The first-order valence-corrected chi connectivity index (χ1v) is 9.11. The Balaban J connectivity index is 2.04. The molecule has 1 amide bonds. The van der Waals surface area contributed by atoms with Crippen LogP contribution >= 0.6 is 0 Å². The van der Waals surface area contributed by atoms with E-state index >= 15 is 0 Å². The summed E-state index contributed by atoms with van der Waals surface area (Å²) in [4.78, 5) is 17.3. The van der Waals surface area contributed by atoms with Crippen molar-refractivity contribution in [2.24, 2.45) is 0 Å². The van der Waals surface area contributed by atoms with Crippen molar-refractivity contribution in [1.82, 2.24) is 9.55 Å². The molecular weight excluding hydrogens is 326 g/mol. The summed E-state index contributed by atoms with van der Waals surface area (Å²) in [6, 6.07) is 10.0. The van der Waals surface area contributed by atoms with E-state index in [0.717, 1.165) is 29.4 Å². The van der Waals surface area contributed by atoms with Gasteiger partial charge in [0.15, 0.2) is 11.6 Å². The molecule has 3 aromatic rings. The minimum atomic E-state index is -0.168. The second kappa shape index (κ2) is 7.60. The number of carbonyl (C=O) groups excluding carboxylic acids is 1. The molecule has 0 spiro atoms. The molecule has 1 aromatic carbocycles. The molecule has 3 rings (SSSR count). The van der Waals surface area contributed by atoms with E-state index in [2.05, 4.69) is 46.9 Å². The molecule has 2 aromatic heterocycles. The monoisotopic (exact) mass is 351 g/mol. The zero-order chi connectivity index (χ0) is 18.7. The molecule has 0 atom stereocenters. The third-order valence-electron chi connectivity index (χ3n) is 4.62. The summed E-state index contributed by atoms with van der Waals surface area (Å²) in [7, 11) is 0. The largest absolute Gasteiger partial charge is 0.490 e. The Bertz CT molecular complexity index is 944. The first kappa shape index (κ1) is 18.0. The Morgan fingerprint density at radius 1 is 1.23 bits per heavy atom. The topological polar surface area (TPSA) is 56.1 Å². The second-order valence-corrected chi connectivity index (χ2v) is 6.16. The maximum atomic E-state index is 13.1. The molecule has 5 heteroatoms. The van der Waals surface area contributed by atoms with E-state index in [1.165, 1.54) is 5.56 Å². The Hall–Kier alpha value is -2.82. The second-order valence-electron chi connectivity index (χ2n) is 6.16. The molecule has 0 saturated heterocycles. The first-order chi connectivity index (χ1) is 12.6. The third-order valence-corrected chi connectivity index (χ3v) is 4.62. The number of benzene rings is 1. The van der Waals surface area contributed by atoms with Crippen molar-refractivity contribution in [2.45, 2.75) is 40.7 Å². The normalized spacial score (nSPS) is 10.9. The Labute approximate surface area is 154 Å². The van der Waals surface area contributed by atoms with E-state index in [0.29, 0.717) is 23.9 Å². The van der Waals surface area contributed by atoms with E-state index in [1.807, 2.05) is 19.9 Å². The molecule has 0 fully saturated rings. The number of nitrogens with zero attached hydrogens (tertiary/aromatic N) is 2. The minimum absolute atomic E-state index is 0.168. The van der Waals surface area contributed by atoms with Crippen LogP contribution in [-0.2, 0) is 13.0 Å². The number of anilines is 1. The summed E-state index contributed by atoms with van der Waals surface area (Å²) in [5, 5.41) is 4.05. The number of ether oxygens (including phenoxy) is 1. The molecule has 26 heavy (non-hydrogen) atoms. The van der Waals surface area contributed by atoms with Gasteiger partial charge < -0.3 is 14.6 Å². The number of amides is 1. The Kier molecular flexibility index (Phi) is 5.26. The number of aromatic nitrogens is 2. The predicted octanol–water partition coefficient (Wildman–Crippen LogP) is 4.58. The van der Waals surface area contributed by atoms with Crippen molar-refractivity contribution >= 4 is 22.6 Å². The van der Waals surface area contributed by atoms with Gasteiger partial charge in [-0.1, -0.05) is 13.0 Å². The molecule has 136 valence electrons. The lowest BCUT2D eigenvalue weighted by Crippen LogP contribution is -2.19. The fraction of sp³-hybridized carbons (Fsp3) is 0.333. The lowest BCUT2D eigenvalue weighted by atomic mass is 10.1. The highest BCUT2D eigenvalue weighted by molar-refractivity contribution is 6.08. The van der Waals surface area contributed by atoms with Crippen LogP contribution in [0.25, 0.3) is 10.9 Å². The molecule has 0 unspecified atom stereocenters. The molecule has 0 aliphatic carbocycles. The molecule has 5 nitrogen and oxygen atoms in total. The molecule has 0 aliphatic rings. The van der Waals surface area contributed by atoms with Crippen LogP contribution in [0.3, 0.4) is 0 Å². The van der Waals surface area contributed by atoms with Crippen LogP contribution in [0.2, 0.25) is 0 Å². The number of hydrogen-bond donors (Lipinski definition) is 1. The lowest BCUT2D eigenvalue weighted by Gasteiger charge is -2.12. The third kappa shape index (κ3) is 3.17. The van der Waals surface area contributed by atoms with E-state index in [9.17, 15) is 4.79 Å². The van der Waals surface area contributed by atoms with Crippen molar-refractivity contribution in [3.05, 3.63) is 53.3 Å². The van der Waals surface area contributed by atoms with Crippen LogP contribution in [0, 0.1) is 6.92 Å². The maximum Gasteiger partial charge on any atom is 0.273 e. The molecule has 1 N–H and O–H groups in total. The summed E-state index contributed by atoms with van der Waals surface area (Å²) in [6.07, 6.45) is 2.62. The average molecular weight is 351 g/mol. The summed E-state index contributed by atoms with van der Waals surface area (Å²) in [5.74, 6) is 0.854. The van der Waals surface area contributed by atoms with Crippen molar-refractivity contribution in [2.75, 3.05) is 11.9 Å². The predicted molar refractivity (Wildman–Crippen MR) is 105 cm³/mol. The number of rotatable bonds is 6. The summed E-state index contributed by atoms with van der Waals surface area (Å²) < 4.78 is 7.62. The van der Waals surface area contributed by atoms with Gasteiger partial charge in [0.2, 0.25) is 0 Å². The number of hydrogen-bond acceptors (Lipinski definition) is 3. The number of nitrogens with one attached hydrogen (secondary N) is 1. The minimum Gasteiger partial charge on any atom is -0.490 e. The zero-order valence-corrected chi connectivity index (χ0v) is 15.8. The summed E-state index contributed by atoms with van der Waals surface area (Å²) in [5.41, 5.74) is 4.01. The van der Waals surface area contributed by atoms with Crippen LogP contribution in [0.4, 0.5) is 5.82 Å². The molecule has 2 heterocycles. The highest BCUT2D eigenvalue weighted by atomic mass is 16.5. The molecule has 0 radical (unpaired) electrons. The summed E-state index contributed by atoms with van der Waals surface area (Å²) in [6.45, 7) is 9.34. The van der Waals surface area contributed by atoms with Gasteiger partial charge in [0.25, 0.3) is 5.91 Å². The highest BCUT2D eigenvalue weighted by Crippen LogP contribution is 2.29. The van der Waals surface area contributed by atoms with Gasteiger partial charge in [0.1, 0.15) is 5.69 Å². The fourth-order valence-corrected chi connectivity index (χ4v) is 3.33. The lowest BCUT2D eigenvalue weighted by molar-refractivity contribution is 0.101. The maximum absolute atomic E-state index is 13.1. The molecule has 0 aliphatic heterocycles. The number of carbonyl (C=O) groups is 1. The van der Waals surface area contributed by atoms with E-state index < -0.39 is 0 Å². The van der Waals surface area contributed by atoms with Gasteiger partial charge in [0, 0.05) is 23.6 Å². The SMILES string of the molecule is CCOc1cccnc1NC(=O)c1c(C)c2cc(CC)ccc2n1CC. The van der Waals surface area contributed by atoms with Crippen molar-refractivity contribution in [3.8, 4) is 5.75 Å². The summed E-state index contributed by atoms with van der Waals surface area (Å²) >= 11 is 0. The van der Waals surface area contributed by atoms with Crippen LogP contribution in [0.15, 0.2) is 36.5 Å². The Morgan fingerprint density at radius 3 is 2.73 bits per heavy atom. The number of aryl methyl sites for hydroxylation is 3. The smallest absolute Gasteiger partial charge is 0.273 e. The Morgan fingerprint density at radius 2 is 2.04 bits per heavy atom. The van der Waals surface area contributed by atoms with Crippen molar-refractivity contribution in [3.63, 3.8) is 0 Å². The van der Waals surface area contributed by atoms with Gasteiger partial charge in [0.05, 0.1) is 6.61 Å². The van der Waals surface area contributed by atoms with Gasteiger partial charge in [-0.05, 0) is 62.6 Å². The van der Waals surface area contributed by atoms with Crippen LogP contribution < -0.4 is 10.1 Å². The number of pyridine rings is 1. The van der Waals surface area contributed by atoms with Crippen molar-refractivity contribution in [1.29, 1.82) is 0 Å². The standard InChI is InChI=1S/C21H25N3O2/c1-5-15-10-11-17-16(13-15)14(4)19(24(17)6-2)21(25)23-20-18(26-7-3)9-8-12-22-20/h8-13H,5-7H2,1-4H3,(H,22,23,25). The first-order valence-electron chi connectivity index (χ1n) is 9.11. The van der Waals surface area contributed by atoms with E-state index in [4.69, 9.17) is 4.74 Å². The van der Waals surface area contributed by atoms with Gasteiger partial charge in [-0.2, -0.15) is 0 Å². The molecular formula is C21H25N3O2. The van der Waals surface area contributed by atoms with Crippen molar-refractivity contribution < 1.29 is 9.53 Å². The molecule has 0 bridgehead atoms. The quantitative estimate of drug-likeness (QED) is 0.707. The van der Waals surface area contributed by atoms with E-state index in [1.54, 1.807) is 12.3 Å². The van der Waals surface area contributed by atoms with Crippen LogP contribution in [0.5, 0.6) is 5.75 Å². The van der Waals surface area contributed by atoms with Crippen LogP contribution in [-0.4, -0.2) is 22.1 Å². The van der Waals surface area contributed by atoms with Crippen LogP contribution in [0.1, 0.15) is 42.4 Å². The highest BCUT2D eigenvalue weighted by Gasteiger charge is 2.21. The zero-order valence-electron chi connectivity index (χ0n) is 15.8. The van der Waals surface area contributed by atoms with Gasteiger partial charge in [-0.15, -0.1) is 0 Å². The van der Waals surface area contributed by atoms with Gasteiger partial charge >= 0.3 is 0 Å². The molecule has 0 saturated carbocycles. The average Bonchev–Trinajstić information content (AvgIpc) is 2.95. The fourth-order valence-electron chi connectivity index (χ4n) is 3.33.